The molecule has 2 heterocycles. The topological polar surface area (TPSA) is 43.8 Å². The number of hydrogen-bond acceptors (Lipinski definition) is 4. The van der Waals surface area contributed by atoms with Gasteiger partial charge in [-0.2, -0.15) is 28.6 Å². The highest BCUT2D eigenvalue weighted by molar-refractivity contribution is 8.06. The van der Waals surface area contributed by atoms with Crippen LogP contribution >= 0.6 is 23.5 Å². The minimum absolute atomic E-state index is 0.0917. The SMILES string of the molecule is Cn1ccc(C(N)C2CSCCS2)n1. The molecule has 1 aromatic heterocycles. The van der Waals surface area contributed by atoms with E-state index in [2.05, 4.69) is 5.10 Å². The molecule has 1 aliphatic rings. The molecule has 2 atom stereocenters. The molecule has 0 aliphatic carbocycles. The monoisotopic (exact) mass is 229 g/mol. The summed E-state index contributed by atoms with van der Waals surface area (Å²) in [5.41, 5.74) is 7.19. The first kappa shape index (κ1) is 10.4. The van der Waals surface area contributed by atoms with E-state index in [1.54, 1.807) is 0 Å². The van der Waals surface area contributed by atoms with Gasteiger partial charge in [-0.25, -0.2) is 0 Å². The summed E-state index contributed by atoms with van der Waals surface area (Å²) in [5.74, 6) is 3.63. The van der Waals surface area contributed by atoms with Crippen LogP contribution in [0.5, 0.6) is 0 Å². The molecule has 5 heteroatoms. The average molecular weight is 229 g/mol. The quantitative estimate of drug-likeness (QED) is 0.829. The zero-order chi connectivity index (χ0) is 9.97. The van der Waals surface area contributed by atoms with Crippen LogP contribution in [0.15, 0.2) is 12.3 Å². The Morgan fingerprint density at radius 3 is 3.07 bits per heavy atom. The molecule has 2 N–H and O–H groups in total. The Morgan fingerprint density at radius 1 is 1.64 bits per heavy atom. The number of nitrogens with two attached hydrogens (primary N) is 1. The van der Waals surface area contributed by atoms with E-state index in [-0.39, 0.29) is 6.04 Å². The minimum Gasteiger partial charge on any atom is -0.322 e. The summed E-state index contributed by atoms with van der Waals surface area (Å²) in [6.07, 6.45) is 1.95. The fourth-order valence-corrected chi connectivity index (χ4v) is 4.30. The molecule has 2 rings (SSSR count). The Labute approximate surface area is 92.8 Å². The molecule has 1 aromatic rings. The molecule has 0 amide bonds. The van der Waals surface area contributed by atoms with Crippen LogP contribution in [0.3, 0.4) is 0 Å². The number of thioether (sulfide) groups is 2. The van der Waals surface area contributed by atoms with Gasteiger partial charge in [0.15, 0.2) is 0 Å². The van der Waals surface area contributed by atoms with Crippen LogP contribution in [0.1, 0.15) is 11.7 Å². The van der Waals surface area contributed by atoms with Crippen molar-refractivity contribution >= 4 is 23.5 Å². The third-order valence-corrected chi connectivity index (χ3v) is 5.20. The average Bonchev–Trinajstić information content (AvgIpc) is 2.65. The maximum Gasteiger partial charge on any atom is 0.0803 e. The Morgan fingerprint density at radius 2 is 2.50 bits per heavy atom. The van der Waals surface area contributed by atoms with Gasteiger partial charge in [-0.1, -0.05) is 0 Å². The lowest BCUT2D eigenvalue weighted by Gasteiger charge is -2.25. The first-order chi connectivity index (χ1) is 6.77. The number of rotatable bonds is 2. The van der Waals surface area contributed by atoms with Gasteiger partial charge in [0.1, 0.15) is 0 Å². The lowest BCUT2D eigenvalue weighted by Crippen LogP contribution is -2.29. The van der Waals surface area contributed by atoms with Crippen LogP contribution in [-0.4, -0.2) is 32.3 Å². The summed E-state index contributed by atoms with van der Waals surface area (Å²) in [4.78, 5) is 0. The molecular weight excluding hydrogens is 214 g/mol. The summed E-state index contributed by atoms with van der Waals surface area (Å²) in [6.45, 7) is 0. The molecule has 0 aromatic carbocycles. The zero-order valence-electron chi connectivity index (χ0n) is 8.22. The second-order valence-electron chi connectivity index (χ2n) is 3.42. The van der Waals surface area contributed by atoms with Gasteiger partial charge in [0.05, 0.1) is 11.7 Å². The third-order valence-electron chi connectivity index (χ3n) is 2.32. The van der Waals surface area contributed by atoms with Gasteiger partial charge < -0.3 is 5.73 Å². The molecule has 1 fully saturated rings. The molecule has 1 saturated heterocycles. The van der Waals surface area contributed by atoms with Gasteiger partial charge in [0.2, 0.25) is 0 Å². The van der Waals surface area contributed by atoms with Gasteiger partial charge in [0, 0.05) is 35.8 Å². The standard InChI is InChI=1S/C9H15N3S2/c1-12-3-2-7(11-12)9(10)8-6-13-4-5-14-8/h2-3,8-9H,4-6,10H2,1H3. The van der Waals surface area contributed by atoms with Crippen molar-refractivity contribution in [3.8, 4) is 0 Å². The molecule has 78 valence electrons. The maximum absolute atomic E-state index is 6.17. The van der Waals surface area contributed by atoms with Crippen LogP contribution in [0.4, 0.5) is 0 Å². The normalized spacial score (nSPS) is 24.9. The Hall–Kier alpha value is -0.130. The lowest BCUT2D eigenvalue weighted by atomic mass is 10.2. The Balaban J connectivity index is 2.03. The van der Waals surface area contributed by atoms with Gasteiger partial charge in [-0.15, -0.1) is 0 Å². The van der Waals surface area contributed by atoms with Crippen LogP contribution in [-0.2, 0) is 7.05 Å². The molecule has 3 nitrogen and oxygen atoms in total. The van der Waals surface area contributed by atoms with Crippen LogP contribution in [0.25, 0.3) is 0 Å². The smallest absolute Gasteiger partial charge is 0.0803 e. The maximum atomic E-state index is 6.17. The summed E-state index contributed by atoms with van der Waals surface area (Å²) >= 11 is 3.98. The van der Waals surface area contributed by atoms with Crippen molar-refractivity contribution in [3.63, 3.8) is 0 Å². The first-order valence-corrected chi connectivity index (χ1v) is 6.92. The largest absolute Gasteiger partial charge is 0.322 e. The number of nitrogens with zero attached hydrogens (tertiary/aromatic N) is 2. The van der Waals surface area contributed by atoms with E-state index in [4.69, 9.17) is 5.73 Å². The fraction of sp³-hybridized carbons (Fsp3) is 0.667. The summed E-state index contributed by atoms with van der Waals surface area (Å²) in [7, 11) is 1.93. The predicted molar refractivity (Wildman–Crippen MR) is 63.7 cm³/mol. The van der Waals surface area contributed by atoms with E-state index >= 15 is 0 Å². The second kappa shape index (κ2) is 4.59. The van der Waals surface area contributed by atoms with Crippen molar-refractivity contribution in [2.75, 3.05) is 17.3 Å². The predicted octanol–water partition coefficient (Wildman–Crippen LogP) is 1.27. The molecule has 0 radical (unpaired) electrons. The van der Waals surface area contributed by atoms with E-state index < -0.39 is 0 Å². The molecule has 0 bridgehead atoms. The van der Waals surface area contributed by atoms with Crippen molar-refractivity contribution < 1.29 is 0 Å². The molecule has 2 unspecified atom stereocenters. The van der Waals surface area contributed by atoms with Gasteiger partial charge >= 0.3 is 0 Å². The molecule has 1 aliphatic heterocycles. The molecule has 14 heavy (non-hydrogen) atoms. The van der Waals surface area contributed by atoms with E-state index in [1.807, 2.05) is 47.5 Å². The highest BCUT2D eigenvalue weighted by Gasteiger charge is 2.24. The van der Waals surface area contributed by atoms with Crippen LogP contribution < -0.4 is 5.73 Å². The fourth-order valence-electron chi connectivity index (χ4n) is 1.51. The number of hydrogen-bond donors (Lipinski definition) is 1. The summed E-state index contributed by atoms with van der Waals surface area (Å²) in [5, 5.41) is 4.89. The third kappa shape index (κ3) is 2.27. The van der Waals surface area contributed by atoms with E-state index in [1.165, 1.54) is 11.5 Å². The van der Waals surface area contributed by atoms with Crippen molar-refractivity contribution in [1.82, 2.24) is 9.78 Å². The van der Waals surface area contributed by atoms with Crippen molar-refractivity contribution in [1.29, 1.82) is 0 Å². The lowest BCUT2D eigenvalue weighted by molar-refractivity contribution is 0.657. The van der Waals surface area contributed by atoms with E-state index in [9.17, 15) is 0 Å². The first-order valence-electron chi connectivity index (χ1n) is 4.72. The van der Waals surface area contributed by atoms with Crippen molar-refractivity contribution in [2.24, 2.45) is 12.8 Å². The van der Waals surface area contributed by atoms with E-state index in [0.717, 1.165) is 11.4 Å². The second-order valence-corrected chi connectivity index (χ2v) is 5.92. The highest BCUT2D eigenvalue weighted by Crippen LogP contribution is 2.31. The summed E-state index contributed by atoms with van der Waals surface area (Å²) < 4.78 is 1.82. The summed E-state index contributed by atoms with van der Waals surface area (Å²) in [6, 6.07) is 2.11. The van der Waals surface area contributed by atoms with Crippen molar-refractivity contribution in [2.45, 2.75) is 11.3 Å². The van der Waals surface area contributed by atoms with Gasteiger partial charge in [0.25, 0.3) is 0 Å². The molecule has 0 saturated carbocycles. The number of aromatic nitrogens is 2. The zero-order valence-corrected chi connectivity index (χ0v) is 9.85. The van der Waals surface area contributed by atoms with Crippen molar-refractivity contribution in [3.05, 3.63) is 18.0 Å². The molecule has 0 spiro atoms. The van der Waals surface area contributed by atoms with Gasteiger partial charge in [-0.05, 0) is 6.07 Å². The minimum atomic E-state index is 0.0917. The highest BCUT2D eigenvalue weighted by atomic mass is 32.2. The van der Waals surface area contributed by atoms with E-state index in [0.29, 0.717) is 5.25 Å². The molecular formula is C9H15N3S2. The Kier molecular flexibility index (Phi) is 3.41. The van der Waals surface area contributed by atoms with Gasteiger partial charge in [-0.3, -0.25) is 4.68 Å². The number of aryl methyl sites for hydroxylation is 1. The van der Waals surface area contributed by atoms with Crippen LogP contribution in [0, 0.1) is 0 Å². The van der Waals surface area contributed by atoms with Crippen LogP contribution in [0.2, 0.25) is 0 Å². The Bertz CT molecular complexity index is 294.